The Balaban J connectivity index is 1.31. The van der Waals surface area contributed by atoms with Gasteiger partial charge in [0.15, 0.2) is 0 Å². The quantitative estimate of drug-likeness (QED) is 0.190. The zero-order valence-corrected chi connectivity index (χ0v) is 26.5. The van der Waals surface area contributed by atoms with Crippen LogP contribution in [0.15, 0.2) is 164 Å². The van der Waals surface area contributed by atoms with Gasteiger partial charge in [0.05, 0.1) is 0 Å². The third-order valence-corrected chi connectivity index (χ3v) is 9.81. The topological polar surface area (TPSA) is 3.24 Å². The molecule has 0 bridgehead atoms. The number of benzene rings is 8. The predicted octanol–water partition coefficient (Wildman–Crippen LogP) is 13.1. The molecule has 0 radical (unpaired) electrons. The third kappa shape index (κ3) is 4.31. The van der Waals surface area contributed by atoms with Crippen molar-refractivity contribution in [2.45, 2.75) is 13.8 Å². The molecule has 0 aliphatic heterocycles. The highest BCUT2D eigenvalue weighted by Crippen LogP contribution is 2.59. The Kier molecular flexibility index (Phi) is 6.33. The minimum atomic E-state index is 1.16. The Labute approximate surface area is 276 Å². The lowest BCUT2D eigenvalue weighted by atomic mass is 9.70. The molecule has 0 saturated heterocycles. The Hall–Kier alpha value is -5.92. The lowest BCUT2D eigenvalue weighted by Gasteiger charge is -2.33. The highest BCUT2D eigenvalue weighted by molar-refractivity contribution is 6.26. The van der Waals surface area contributed by atoms with Crippen molar-refractivity contribution in [2.24, 2.45) is 0 Å². The molecule has 1 aliphatic carbocycles. The average molecular weight is 600 g/mol. The summed E-state index contributed by atoms with van der Waals surface area (Å²) in [5.41, 5.74) is 16.6. The van der Waals surface area contributed by atoms with Gasteiger partial charge in [-0.25, -0.2) is 0 Å². The lowest BCUT2D eigenvalue weighted by Crippen LogP contribution is -2.12. The molecule has 9 rings (SSSR count). The van der Waals surface area contributed by atoms with E-state index in [-0.39, 0.29) is 0 Å². The van der Waals surface area contributed by atoms with E-state index < -0.39 is 0 Å². The summed E-state index contributed by atoms with van der Waals surface area (Å²) in [6.07, 6.45) is 0. The van der Waals surface area contributed by atoms with Gasteiger partial charge in [-0.15, -0.1) is 0 Å². The zero-order chi connectivity index (χ0) is 31.5. The van der Waals surface area contributed by atoms with Crippen molar-refractivity contribution in [3.05, 3.63) is 175 Å². The van der Waals surface area contributed by atoms with Gasteiger partial charge in [0.25, 0.3) is 0 Å². The Bertz CT molecular complexity index is 2430. The second-order valence-corrected chi connectivity index (χ2v) is 12.6. The molecule has 1 nitrogen and oxygen atoms in total. The minimum Gasteiger partial charge on any atom is -0.310 e. The second kappa shape index (κ2) is 10.9. The fourth-order valence-electron chi connectivity index (χ4n) is 7.60. The van der Waals surface area contributed by atoms with Gasteiger partial charge in [0.1, 0.15) is 0 Å². The first-order valence-electron chi connectivity index (χ1n) is 16.4. The number of fused-ring (bicyclic) bond motifs is 6. The molecule has 222 valence electrons. The fraction of sp³-hybridized carbons (Fsp3) is 0.0435. The van der Waals surface area contributed by atoms with Gasteiger partial charge in [-0.3, -0.25) is 0 Å². The van der Waals surface area contributed by atoms with Crippen LogP contribution in [0.4, 0.5) is 17.1 Å². The molecule has 0 unspecified atom stereocenters. The number of para-hydroxylation sites is 2. The molecule has 0 heterocycles. The van der Waals surface area contributed by atoms with E-state index in [9.17, 15) is 0 Å². The fourth-order valence-corrected chi connectivity index (χ4v) is 7.60. The second-order valence-electron chi connectivity index (χ2n) is 12.6. The number of nitrogens with zero attached hydrogens (tertiary/aromatic N) is 1. The third-order valence-electron chi connectivity index (χ3n) is 9.81. The lowest BCUT2D eigenvalue weighted by molar-refractivity contribution is 1.23. The van der Waals surface area contributed by atoms with Crippen molar-refractivity contribution in [1.29, 1.82) is 0 Å². The number of rotatable bonds is 5. The van der Waals surface area contributed by atoms with Gasteiger partial charge in [0.2, 0.25) is 0 Å². The SMILES string of the molecule is Cc1ccccc1N(c1ccc2cc3c(cc2c1)-c1c-3c(-c2ccccc2)c2ccccc2c1-c1ccccc1)c1ccccc1C. The molecule has 1 heteroatoms. The highest BCUT2D eigenvalue weighted by Gasteiger charge is 2.32. The van der Waals surface area contributed by atoms with Gasteiger partial charge < -0.3 is 4.90 Å². The first kappa shape index (κ1) is 27.4. The molecule has 8 aromatic rings. The summed E-state index contributed by atoms with van der Waals surface area (Å²) in [5.74, 6) is 0. The van der Waals surface area contributed by atoms with Crippen molar-refractivity contribution in [2.75, 3.05) is 4.90 Å². The monoisotopic (exact) mass is 599 g/mol. The average Bonchev–Trinajstić information content (AvgIpc) is 3.12. The maximum atomic E-state index is 2.43. The summed E-state index contributed by atoms with van der Waals surface area (Å²) in [4.78, 5) is 2.41. The van der Waals surface area contributed by atoms with Crippen LogP contribution in [0.1, 0.15) is 11.1 Å². The van der Waals surface area contributed by atoms with Crippen molar-refractivity contribution in [3.63, 3.8) is 0 Å². The Morgan fingerprint density at radius 2 is 0.809 bits per heavy atom. The van der Waals surface area contributed by atoms with Crippen LogP contribution in [0.2, 0.25) is 0 Å². The smallest absolute Gasteiger partial charge is 0.0490 e. The van der Waals surface area contributed by atoms with Crippen molar-refractivity contribution in [3.8, 4) is 44.5 Å². The summed E-state index contributed by atoms with van der Waals surface area (Å²) in [7, 11) is 0. The van der Waals surface area contributed by atoms with E-state index in [1.807, 2.05) is 0 Å². The molecule has 0 spiro atoms. The van der Waals surface area contributed by atoms with Gasteiger partial charge in [-0.05, 0) is 127 Å². The molecular formula is C46H33N. The van der Waals surface area contributed by atoms with E-state index in [1.54, 1.807) is 0 Å². The van der Waals surface area contributed by atoms with Crippen LogP contribution in [0, 0.1) is 13.8 Å². The maximum Gasteiger partial charge on any atom is 0.0490 e. The largest absolute Gasteiger partial charge is 0.310 e. The summed E-state index contributed by atoms with van der Waals surface area (Å²) < 4.78 is 0. The molecule has 0 aromatic heterocycles. The number of aryl methyl sites for hydroxylation is 2. The normalized spacial score (nSPS) is 11.6. The minimum absolute atomic E-state index is 1.16. The van der Waals surface area contributed by atoms with E-state index in [1.165, 1.54) is 88.6 Å². The number of anilines is 3. The van der Waals surface area contributed by atoms with Crippen LogP contribution in [-0.4, -0.2) is 0 Å². The van der Waals surface area contributed by atoms with E-state index >= 15 is 0 Å². The van der Waals surface area contributed by atoms with E-state index in [0.29, 0.717) is 0 Å². The molecule has 0 N–H and O–H groups in total. The van der Waals surface area contributed by atoms with E-state index in [4.69, 9.17) is 0 Å². The molecule has 47 heavy (non-hydrogen) atoms. The first-order valence-corrected chi connectivity index (χ1v) is 16.4. The molecule has 8 aromatic carbocycles. The molecule has 0 amide bonds. The number of hydrogen-bond donors (Lipinski definition) is 0. The van der Waals surface area contributed by atoms with Gasteiger partial charge in [-0.2, -0.15) is 0 Å². The van der Waals surface area contributed by atoms with Gasteiger partial charge >= 0.3 is 0 Å². The summed E-state index contributed by atoms with van der Waals surface area (Å²) in [5, 5.41) is 5.08. The van der Waals surface area contributed by atoms with Crippen LogP contribution >= 0.6 is 0 Å². The van der Waals surface area contributed by atoms with Crippen molar-refractivity contribution < 1.29 is 0 Å². The van der Waals surface area contributed by atoms with Crippen LogP contribution in [0.3, 0.4) is 0 Å². The predicted molar refractivity (Wildman–Crippen MR) is 201 cm³/mol. The standard InChI is InChI=1S/C46H33N/c1-30-15-9-13-23-41(30)47(42-24-14-10-16-31(42)2)36-26-25-34-28-39-40(29-35(34)27-36)46-44(33-19-7-4-8-20-33)38-22-12-11-21-37(38)43(45(39)46)32-17-5-3-6-18-32/h3-29H,1-2H3. The molecule has 1 aliphatic rings. The van der Waals surface area contributed by atoms with Crippen molar-refractivity contribution in [1.82, 2.24) is 0 Å². The van der Waals surface area contributed by atoms with Crippen LogP contribution < -0.4 is 4.90 Å². The molecule has 0 fully saturated rings. The summed E-state index contributed by atoms with van der Waals surface area (Å²) in [6, 6.07) is 59.9. The molecular weight excluding hydrogens is 567 g/mol. The van der Waals surface area contributed by atoms with Gasteiger partial charge in [-0.1, -0.05) is 127 Å². The van der Waals surface area contributed by atoms with Crippen LogP contribution in [0.25, 0.3) is 66.1 Å². The molecule has 0 atom stereocenters. The Morgan fingerprint density at radius 1 is 0.362 bits per heavy atom. The van der Waals surface area contributed by atoms with Crippen LogP contribution in [0.5, 0.6) is 0 Å². The number of hydrogen-bond acceptors (Lipinski definition) is 1. The van der Waals surface area contributed by atoms with Crippen molar-refractivity contribution >= 4 is 38.6 Å². The first-order chi connectivity index (χ1) is 23.2. The molecule has 0 saturated carbocycles. The Morgan fingerprint density at radius 3 is 1.32 bits per heavy atom. The van der Waals surface area contributed by atoms with Crippen LogP contribution in [-0.2, 0) is 0 Å². The summed E-state index contributed by atoms with van der Waals surface area (Å²) in [6.45, 7) is 4.39. The van der Waals surface area contributed by atoms with Gasteiger partial charge in [0, 0.05) is 17.1 Å². The summed E-state index contributed by atoms with van der Waals surface area (Å²) >= 11 is 0. The van der Waals surface area contributed by atoms with E-state index in [2.05, 4.69) is 183 Å². The maximum absolute atomic E-state index is 2.43. The zero-order valence-electron chi connectivity index (χ0n) is 26.5. The highest BCUT2D eigenvalue weighted by atomic mass is 15.1. The van der Waals surface area contributed by atoms with E-state index in [0.717, 1.165) is 5.69 Å².